The number of aliphatic hydroxyl groups excluding tert-OH is 1. The summed E-state index contributed by atoms with van der Waals surface area (Å²) in [7, 11) is 0. The van der Waals surface area contributed by atoms with E-state index >= 15 is 0 Å². The standard InChI is InChI=1S/C48H86O5/c1-3-5-7-9-11-13-15-17-19-21-23-24-25-27-28-30-32-34-36-38-40-42-47(50)52-45-46(44-49)53-48(51)43-41-39-37-35-33-31-29-26-22-20-18-16-14-12-10-8-6-4-2/h19,21,24-25,28,30,34,36,46,49H,3-18,20,22-23,26-27,29,31-33,35,37-45H2,1-2H3/b21-19+,25-24+,30-28+,36-34+/t46-/m0/s1. The van der Waals surface area contributed by atoms with Gasteiger partial charge in [-0.3, -0.25) is 9.59 Å². The molecule has 0 radical (unpaired) electrons. The van der Waals surface area contributed by atoms with Crippen LogP contribution in [0.3, 0.4) is 0 Å². The zero-order chi connectivity index (χ0) is 38.6. The number of aliphatic hydroxyl groups is 1. The van der Waals surface area contributed by atoms with E-state index in [1.807, 2.05) is 0 Å². The largest absolute Gasteiger partial charge is 0.462 e. The van der Waals surface area contributed by atoms with Gasteiger partial charge in [-0.1, -0.05) is 210 Å². The van der Waals surface area contributed by atoms with Gasteiger partial charge < -0.3 is 14.6 Å². The molecule has 0 saturated carbocycles. The number of allylic oxidation sites excluding steroid dienone is 8. The summed E-state index contributed by atoms with van der Waals surface area (Å²) >= 11 is 0. The van der Waals surface area contributed by atoms with Crippen LogP contribution in [0.25, 0.3) is 0 Å². The van der Waals surface area contributed by atoms with Gasteiger partial charge in [-0.05, 0) is 51.4 Å². The highest BCUT2D eigenvalue weighted by molar-refractivity contribution is 5.70. The molecule has 0 fully saturated rings. The SMILES string of the molecule is CCCCCCCCC/C=C/C/C=C/C/C=C/C/C=C/CCCC(=O)OC[C@H](CO)OC(=O)CCCCCCCCCCCCCCCCCCCC. The van der Waals surface area contributed by atoms with E-state index in [2.05, 4.69) is 62.5 Å². The first-order valence-corrected chi connectivity index (χ1v) is 22.7. The molecule has 1 N–H and O–H groups in total. The molecular formula is C48H86O5. The number of esters is 2. The van der Waals surface area contributed by atoms with Crippen LogP contribution in [-0.4, -0.2) is 36.4 Å². The van der Waals surface area contributed by atoms with E-state index in [1.54, 1.807) is 0 Å². The lowest BCUT2D eigenvalue weighted by molar-refractivity contribution is -0.161. The van der Waals surface area contributed by atoms with Crippen molar-refractivity contribution in [2.45, 2.75) is 232 Å². The van der Waals surface area contributed by atoms with Gasteiger partial charge in [0.25, 0.3) is 0 Å². The Hall–Kier alpha value is -2.14. The fourth-order valence-corrected chi connectivity index (χ4v) is 6.43. The summed E-state index contributed by atoms with van der Waals surface area (Å²) in [5, 5.41) is 9.58. The second kappa shape index (κ2) is 44.3. The molecule has 0 spiro atoms. The third-order valence-corrected chi connectivity index (χ3v) is 9.88. The van der Waals surface area contributed by atoms with E-state index in [0.29, 0.717) is 19.3 Å². The van der Waals surface area contributed by atoms with Crippen LogP contribution in [0, 0.1) is 0 Å². The minimum Gasteiger partial charge on any atom is -0.462 e. The maximum Gasteiger partial charge on any atom is 0.306 e. The van der Waals surface area contributed by atoms with E-state index in [-0.39, 0.29) is 25.2 Å². The number of carbonyl (C=O) groups is 2. The predicted octanol–water partition coefficient (Wildman–Crippen LogP) is 14.6. The Labute approximate surface area is 328 Å². The second-order valence-corrected chi connectivity index (χ2v) is 15.1. The third-order valence-electron chi connectivity index (χ3n) is 9.88. The number of hydrogen-bond donors (Lipinski definition) is 1. The zero-order valence-corrected chi connectivity index (χ0v) is 35.0. The van der Waals surface area contributed by atoms with Gasteiger partial charge in [0.15, 0.2) is 6.10 Å². The molecule has 0 rings (SSSR count). The van der Waals surface area contributed by atoms with Gasteiger partial charge in [0.1, 0.15) is 6.61 Å². The van der Waals surface area contributed by atoms with E-state index in [0.717, 1.165) is 44.9 Å². The normalized spacial score (nSPS) is 12.6. The Morgan fingerprint density at radius 1 is 0.434 bits per heavy atom. The highest BCUT2D eigenvalue weighted by atomic mass is 16.6. The van der Waals surface area contributed by atoms with Crippen molar-refractivity contribution in [2.75, 3.05) is 13.2 Å². The molecule has 0 aliphatic carbocycles. The molecule has 0 aromatic carbocycles. The molecule has 0 bridgehead atoms. The van der Waals surface area contributed by atoms with Gasteiger partial charge in [-0.2, -0.15) is 0 Å². The molecule has 5 heteroatoms. The minimum atomic E-state index is -0.792. The van der Waals surface area contributed by atoms with Crippen LogP contribution in [-0.2, 0) is 19.1 Å². The van der Waals surface area contributed by atoms with E-state index < -0.39 is 6.10 Å². The Balaban J connectivity index is 3.61. The zero-order valence-electron chi connectivity index (χ0n) is 35.0. The molecule has 0 unspecified atom stereocenters. The van der Waals surface area contributed by atoms with Crippen molar-refractivity contribution in [1.82, 2.24) is 0 Å². The lowest BCUT2D eigenvalue weighted by Crippen LogP contribution is -2.28. The summed E-state index contributed by atoms with van der Waals surface area (Å²) in [6.07, 6.45) is 56.2. The molecule has 53 heavy (non-hydrogen) atoms. The van der Waals surface area contributed by atoms with Crippen molar-refractivity contribution >= 4 is 11.9 Å². The fourth-order valence-electron chi connectivity index (χ4n) is 6.43. The average Bonchev–Trinajstić information content (AvgIpc) is 3.16. The molecule has 308 valence electrons. The van der Waals surface area contributed by atoms with Crippen LogP contribution in [0.5, 0.6) is 0 Å². The van der Waals surface area contributed by atoms with E-state index in [9.17, 15) is 14.7 Å². The average molecular weight is 743 g/mol. The molecule has 1 atom stereocenters. The molecule has 0 aliphatic rings. The van der Waals surface area contributed by atoms with Crippen molar-refractivity contribution < 1.29 is 24.2 Å². The summed E-state index contributed by atoms with van der Waals surface area (Å²) in [6, 6.07) is 0. The van der Waals surface area contributed by atoms with Gasteiger partial charge in [-0.25, -0.2) is 0 Å². The predicted molar refractivity (Wildman–Crippen MR) is 228 cm³/mol. The number of unbranched alkanes of at least 4 members (excludes halogenated alkanes) is 25. The quantitative estimate of drug-likeness (QED) is 0.0384. The molecule has 0 aromatic heterocycles. The second-order valence-electron chi connectivity index (χ2n) is 15.1. The summed E-state index contributed by atoms with van der Waals surface area (Å²) in [5.41, 5.74) is 0. The summed E-state index contributed by atoms with van der Waals surface area (Å²) in [6.45, 7) is 4.11. The van der Waals surface area contributed by atoms with Gasteiger partial charge >= 0.3 is 11.9 Å². The molecular weight excluding hydrogens is 657 g/mol. The summed E-state index contributed by atoms with van der Waals surface area (Å²) in [4.78, 5) is 24.3. The van der Waals surface area contributed by atoms with Gasteiger partial charge in [0, 0.05) is 12.8 Å². The van der Waals surface area contributed by atoms with Crippen LogP contribution in [0.1, 0.15) is 226 Å². The Kier molecular flexibility index (Phi) is 42.5. The summed E-state index contributed by atoms with van der Waals surface area (Å²) < 4.78 is 10.6. The first kappa shape index (κ1) is 50.9. The third kappa shape index (κ3) is 42.5. The number of carbonyl (C=O) groups excluding carboxylic acids is 2. The van der Waals surface area contributed by atoms with Gasteiger partial charge in [-0.15, -0.1) is 0 Å². The summed E-state index contributed by atoms with van der Waals surface area (Å²) in [5.74, 6) is -0.649. The molecule has 0 amide bonds. The minimum absolute atomic E-state index is 0.0924. The number of rotatable bonds is 41. The van der Waals surface area contributed by atoms with Crippen LogP contribution < -0.4 is 0 Å². The van der Waals surface area contributed by atoms with Gasteiger partial charge in [0.2, 0.25) is 0 Å². The van der Waals surface area contributed by atoms with E-state index in [4.69, 9.17) is 9.47 Å². The highest BCUT2D eigenvalue weighted by Gasteiger charge is 2.16. The van der Waals surface area contributed by atoms with Crippen molar-refractivity contribution in [2.24, 2.45) is 0 Å². The first-order chi connectivity index (χ1) is 26.1. The highest BCUT2D eigenvalue weighted by Crippen LogP contribution is 2.15. The molecule has 0 aliphatic heterocycles. The smallest absolute Gasteiger partial charge is 0.306 e. The Bertz CT molecular complexity index is 888. The maximum atomic E-state index is 12.2. The van der Waals surface area contributed by atoms with Crippen molar-refractivity contribution in [3.63, 3.8) is 0 Å². The molecule has 0 heterocycles. The molecule has 5 nitrogen and oxygen atoms in total. The topological polar surface area (TPSA) is 72.8 Å². The van der Waals surface area contributed by atoms with Crippen LogP contribution in [0.4, 0.5) is 0 Å². The Morgan fingerprint density at radius 2 is 0.774 bits per heavy atom. The monoisotopic (exact) mass is 743 g/mol. The van der Waals surface area contributed by atoms with Crippen molar-refractivity contribution in [1.29, 1.82) is 0 Å². The lowest BCUT2D eigenvalue weighted by Gasteiger charge is -2.15. The first-order valence-electron chi connectivity index (χ1n) is 22.7. The van der Waals surface area contributed by atoms with Crippen molar-refractivity contribution in [3.8, 4) is 0 Å². The van der Waals surface area contributed by atoms with Gasteiger partial charge in [0.05, 0.1) is 6.61 Å². The maximum absolute atomic E-state index is 12.2. The van der Waals surface area contributed by atoms with Crippen LogP contribution >= 0.6 is 0 Å². The van der Waals surface area contributed by atoms with Crippen LogP contribution in [0.15, 0.2) is 48.6 Å². The fraction of sp³-hybridized carbons (Fsp3) is 0.792. The van der Waals surface area contributed by atoms with E-state index in [1.165, 1.54) is 148 Å². The number of ether oxygens (including phenoxy) is 2. The van der Waals surface area contributed by atoms with Crippen molar-refractivity contribution in [3.05, 3.63) is 48.6 Å². The Morgan fingerprint density at radius 3 is 1.19 bits per heavy atom. The molecule has 0 aromatic rings. The lowest BCUT2D eigenvalue weighted by atomic mass is 10.0. The van der Waals surface area contributed by atoms with Crippen LogP contribution in [0.2, 0.25) is 0 Å². The molecule has 0 saturated heterocycles. The number of hydrogen-bond acceptors (Lipinski definition) is 5.